The van der Waals surface area contributed by atoms with Crippen LogP contribution in [0.2, 0.25) is 0 Å². The first-order chi connectivity index (χ1) is 12.0. The van der Waals surface area contributed by atoms with E-state index < -0.39 is 5.67 Å². The second-order valence-corrected chi connectivity index (χ2v) is 7.60. The van der Waals surface area contributed by atoms with E-state index in [1.807, 2.05) is 0 Å². The number of carbonyl (C=O) groups excluding carboxylic acids is 2. The third-order valence-electron chi connectivity index (χ3n) is 5.67. The van der Waals surface area contributed by atoms with Crippen LogP contribution in [0.4, 0.5) is 4.39 Å². The molecule has 0 unspecified atom stereocenters. The molecular weight excluding hydrogens is 323 g/mol. The van der Waals surface area contributed by atoms with Crippen LogP contribution >= 0.6 is 0 Å². The van der Waals surface area contributed by atoms with Gasteiger partial charge in [-0.25, -0.2) is 9.37 Å². The van der Waals surface area contributed by atoms with Crippen LogP contribution in [-0.4, -0.2) is 45.0 Å². The largest absolute Gasteiger partial charge is 0.350 e. The monoisotopic (exact) mass is 348 g/mol. The van der Waals surface area contributed by atoms with Crippen LogP contribution in [0.5, 0.6) is 0 Å². The Morgan fingerprint density at radius 2 is 2.08 bits per heavy atom. The molecule has 1 N–H and O–H groups in total. The van der Waals surface area contributed by atoms with E-state index in [0.29, 0.717) is 57.8 Å². The Morgan fingerprint density at radius 3 is 2.76 bits per heavy atom. The Balaban J connectivity index is 1.36. The third-order valence-corrected chi connectivity index (χ3v) is 5.67. The molecule has 3 aliphatic rings. The normalized spacial score (nSPS) is 21.9. The Morgan fingerprint density at radius 1 is 1.28 bits per heavy atom. The molecule has 0 radical (unpaired) electrons. The van der Waals surface area contributed by atoms with Gasteiger partial charge in [-0.15, -0.1) is 0 Å². The lowest BCUT2D eigenvalue weighted by Gasteiger charge is -2.36. The number of amides is 2. The second kappa shape index (κ2) is 6.42. The molecule has 2 fully saturated rings. The van der Waals surface area contributed by atoms with Crippen molar-refractivity contribution in [3.05, 3.63) is 17.7 Å². The molecule has 4 rings (SSSR count). The number of imidazole rings is 1. The maximum Gasteiger partial charge on any atom is 0.260 e. The van der Waals surface area contributed by atoms with E-state index in [-0.39, 0.29) is 11.8 Å². The molecule has 136 valence electrons. The number of nitrogens with zero attached hydrogens (tertiary/aromatic N) is 3. The third kappa shape index (κ3) is 3.41. The summed E-state index contributed by atoms with van der Waals surface area (Å²) in [6, 6.07) is 0. The average Bonchev–Trinajstić information content (AvgIpc) is 3.34. The molecule has 0 atom stereocenters. The van der Waals surface area contributed by atoms with Crippen molar-refractivity contribution in [3.63, 3.8) is 0 Å². The van der Waals surface area contributed by atoms with Gasteiger partial charge in [0.2, 0.25) is 5.91 Å². The van der Waals surface area contributed by atoms with Gasteiger partial charge in [-0.3, -0.25) is 9.59 Å². The Hall–Kier alpha value is -1.92. The first kappa shape index (κ1) is 16.5. The summed E-state index contributed by atoms with van der Waals surface area (Å²) >= 11 is 0. The molecule has 0 bridgehead atoms. The summed E-state index contributed by atoms with van der Waals surface area (Å²) in [4.78, 5) is 30.4. The Labute approximate surface area is 146 Å². The Bertz CT molecular complexity index is 679. The van der Waals surface area contributed by atoms with Gasteiger partial charge in [-0.1, -0.05) is 0 Å². The number of halogens is 1. The predicted molar refractivity (Wildman–Crippen MR) is 89.4 cm³/mol. The quantitative estimate of drug-likeness (QED) is 0.878. The minimum Gasteiger partial charge on any atom is -0.350 e. The van der Waals surface area contributed by atoms with Crippen LogP contribution in [0.3, 0.4) is 0 Å². The molecule has 2 saturated carbocycles. The fraction of sp³-hybridized carbons (Fsp3) is 0.722. The SMILES string of the molecule is O=C(CC1CC1)NCc1cnc2n1CCN(C(=O)C1(F)CCC1)CC2. The van der Waals surface area contributed by atoms with Crippen LogP contribution in [0.15, 0.2) is 6.20 Å². The Kier molecular flexibility index (Phi) is 4.25. The van der Waals surface area contributed by atoms with Crippen molar-refractivity contribution < 1.29 is 14.0 Å². The summed E-state index contributed by atoms with van der Waals surface area (Å²) in [5.41, 5.74) is -0.682. The number of nitrogens with one attached hydrogen (secondary N) is 1. The summed E-state index contributed by atoms with van der Waals surface area (Å²) < 4.78 is 16.5. The zero-order valence-electron chi connectivity index (χ0n) is 14.5. The molecule has 0 spiro atoms. The highest BCUT2D eigenvalue weighted by Gasteiger charge is 2.47. The highest BCUT2D eigenvalue weighted by molar-refractivity contribution is 5.86. The molecular formula is C18H25FN4O2. The number of hydrogen-bond acceptors (Lipinski definition) is 3. The van der Waals surface area contributed by atoms with E-state index in [1.54, 1.807) is 11.1 Å². The van der Waals surface area contributed by atoms with Gasteiger partial charge in [0.25, 0.3) is 5.91 Å². The topological polar surface area (TPSA) is 67.2 Å². The fourth-order valence-electron chi connectivity index (χ4n) is 3.67. The van der Waals surface area contributed by atoms with Gasteiger partial charge in [-0.2, -0.15) is 0 Å². The molecule has 0 saturated heterocycles. The maximum absolute atomic E-state index is 14.4. The molecule has 1 aliphatic heterocycles. The van der Waals surface area contributed by atoms with Gasteiger partial charge in [0.15, 0.2) is 5.67 Å². The van der Waals surface area contributed by atoms with Crippen LogP contribution in [0.25, 0.3) is 0 Å². The summed E-state index contributed by atoms with van der Waals surface area (Å²) in [6.45, 7) is 2.07. The highest BCUT2D eigenvalue weighted by atomic mass is 19.1. The van der Waals surface area contributed by atoms with Crippen molar-refractivity contribution in [1.29, 1.82) is 0 Å². The van der Waals surface area contributed by atoms with Gasteiger partial charge in [0.05, 0.1) is 18.4 Å². The van der Waals surface area contributed by atoms with E-state index >= 15 is 0 Å². The van der Waals surface area contributed by atoms with E-state index in [1.165, 1.54) is 0 Å². The predicted octanol–water partition coefficient (Wildman–Crippen LogP) is 1.58. The summed E-state index contributed by atoms with van der Waals surface area (Å²) in [6.07, 6.45) is 6.86. The first-order valence-electron chi connectivity index (χ1n) is 9.33. The lowest BCUT2D eigenvalue weighted by Crippen LogP contribution is -2.51. The van der Waals surface area contributed by atoms with E-state index in [0.717, 1.165) is 30.8 Å². The van der Waals surface area contributed by atoms with Gasteiger partial charge in [0, 0.05) is 32.5 Å². The highest BCUT2D eigenvalue weighted by Crippen LogP contribution is 2.37. The molecule has 6 nitrogen and oxygen atoms in total. The average molecular weight is 348 g/mol. The van der Waals surface area contributed by atoms with Crippen LogP contribution in [-0.2, 0) is 29.1 Å². The molecule has 7 heteroatoms. The van der Waals surface area contributed by atoms with Crippen molar-refractivity contribution in [2.24, 2.45) is 5.92 Å². The van der Waals surface area contributed by atoms with E-state index in [4.69, 9.17) is 0 Å². The van der Waals surface area contributed by atoms with Crippen molar-refractivity contribution in [1.82, 2.24) is 19.8 Å². The summed E-state index contributed by atoms with van der Waals surface area (Å²) in [5, 5.41) is 2.96. The van der Waals surface area contributed by atoms with Crippen LogP contribution in [0.1, 0.15) is 50.0 Å². The zero-order valence-corrected chi connectivity index (χ0v) is 14.5. The zero-order chi connectivity index (χ0) is 17.4. The van der Waals surface area contributed by atoms with Crippen LogP contribution < -0.4 is 5.32 Å². The molecule has 2 amide bonds. The number of aromatic nitrogens is 2. The number of alkyl halides is 1. The number of fused-ring (bicyclic) bond motifs is 1. The summed E-state index contributed by atoms with van der Waals surface area (Å²) in [5.74, 6) is 1.21. The standard InChI is InChI=1S/C18H25FN4O2/c19-18(5-1-6-18)17(25)22-7-4-15-20-11-14(23(15)9-8-22)12-21-16(24)10-13-2-3-13/h11,13H,1-10,12H2,(H,21,24). The number of carbonyl (C=O) groups is 2. The lowest BCUT2D eigenvalue weighted by molar-refractivity contribution is -0.149. The van der Waals surface area contributed by atoms with Gasteiger partial charge < -0.3 is 14.8 Å². The smallest absolute Gasteiger partial charge is 0.260 e. The minimum atomic E-state index is -1.63. The molecule has 1 aromatic rings. The number of hydrogen-bond donors (Lipinski definition) is 1. The molecule has 2 heterocycles. The molecule has 2 aliphatic carbocycles. The lowest BCUT2D eigenvalue weighted by atomic mass is 9.81. The van der Waals surface area contributed by atoms with Crippen molar-refractivity contribution >= 4 is 11.8 Å². The molecule has 0 aromatic carbocycles. The summed E-state index contributed by atoms with van der Waals surface area (Å²) in [7, 11) is 0. The van der Waals surface area contributed by atoms with Gasteiger partial charge in [0.1, 0.15) is 5.82 Å². The second-order valence-electron chi connectivity index (χ2n) is 7.60. The maximum atomic E-state index is 14.4. The molecule has 25 heavy (non-hydrogen) atoms. The van der Waals surface area contributed by atoms with Crippen LogP contribution in [0, 0.1) is 5.92 Å². The number of rotatable bonds is 5. The van der Waals surface area contributed by atoms with Crippen molar-refractivity contribution in [3.8, 4) is 0 Å². The molecule has 1 aromatic heterocycles. The van der Waals surface area contributed by atoms with Crippen molar-refractivity contribution in [2.75, 3.05) is 13.1 Å². The first-order valence-corrected chi connectivity index (χ1v) is 9.33. The van der Waals surface area contributed by atoms with Gasteiger partial charge in [-0.05, 0) is 38.0 Å². The van der Waals surface area contributed by atoms with Crippen molar-refractivity contribution in [2.45, 2.75) is 63.7 Å². The fourth-order valence-corrected chi connectivity index (χ4v) is 3.67. The van der Waals surface area contributed by atoms with E-state index in [9.17, 15) is 14.0 Å². The minimum absolute atomic E-state index is 0.0906. The van der Waals surface area contributed by atoms with Gasteiger partial charge >= 0.3 is 0 Å². The van der Waals surface area contributed by atoms with E-state index in [2.05, 4.69) is 14.9 Å².